The fourth-order valence-electron chi connectivity index (χ4n) is 6.22. The van der Waals surface area contributed by atoms with E-state index in [1.807, 2.05) is 42.0 Å². The minimum absolute atomic E-state index is 0.0528. The number of carbonyl (C=O) groups is 2. The average Bonchev–Trinajstić information content (AvgIpc) is 2.83. The van der Waals surface area contributed by atoms with Gasteiger partial charge < -0.3 is 14.5 Å². The highest BCUT2D eigenvalue weighted by molar-refractivity contribution is 5.84. The van der Waals surface area contributed by atoms with E-state index >= 15 is 0 Å². The van der Waals surface area contributed by atoms with Crippen LogP contribution >= 0.6 is 0 Å². The van der Waals surface area contributed by atoms with Crippen molar-refractivity contribution in [2.24, 2.45) is 5.41 Å². The highest BCUT2D eigenvalue weighted by Crippen LogP contribution is 2.41. The number of piperidine rings is 2. The van der Waals surface area contributed by atoms with Gasteiger partial charge in [0.25, 0.3) is 0 Å². The fraction of sp³-hybridized carbons (Fsp3) is 0.704. The summed E-state index contributed by atoms with van der Waals surface area (Å²) in [5.74, 6) is 0.435. The van der Waals surface area contributed by atoms with Crippen LogP contribution in [0, 0.1) is 5.41 Å². The van der Waals surface area contributed by atoms with Gasteiger partial charge in [-0.3, -0.25) is 14.5 Å². The van der Waals surface area contributed by atoms with Crippen molar-refractivity contribution in [1.29, 1.82) is 0 Å². The van der Waals surface area contributed by atoms with Gasteiger partial charge in [0.1, 0.15) is 0 Å². The number of likely N-dealkylation sites (N-methyl/N-ethyl adjacent to an activating group) is 1. The molecule has 2 saturated heterocycles. The maximum absolute atomic E-state index is 13.8. The van der Waals surface area contributed by atoms with E-state index in [4.69, 9.17) is 4.74 Å². The lowest BCUT2D eigenvalue weighted by Gasteiger charge is -2.49. The van der Waals surface area contributed by atoms with Crippen molar-refractivity contribution in [2.75, 3.05) is 39.8 Å². The summed E-state index contributed by atoms with van der Waals surface area (Å²) in [7, 11) is 1.97. The van der Waals surface area contributed by atoms with Crippen LogP contribution in [0.25, 0.3) is 0 Å². The van der Waals surface area contributed by atoms with E-state index in [1.54, 1.807) is 0 Å². The van der Waals surface area contributed by atoms with E-state index in [9.17, 15) is 9.59 Å². The number of nitrogens with zero attached hydrogens (tertiary/aromatic N) is 3. The molecule has 1 saturated carbocycles. The van der Waals surface area contributed by atoms with Gasteiger partial charge in [-0.05, 0) is 51.1 Å². The summed E-state index contributed by atoms with van der Waals surface area (Å²) in [6, 6.07) is 10.6. The van der Waals surface area contributed by atoms with Gasteiger partial charge in [-0.15, -0.1) is 0 Å². The Labute approximate surface area is 199 Å². The Kier molecular flexibility index (Phi) is 8.07. The number of hydrogen-bond acceptors (Lipinski definition) is 4. The lowest BCUT2D eigenvalue weighted by atomic mass is 9.72. The third kappa shape index (κ3) is 5.78. The molecule has 2 aliphatic heterocycles. The lowest BCUT2D eigenvalue weighted by molar-refractivity contribution is -0.162. The van der Waals surface area contributed by atoms with Gasteiger partial charge in [0, 0.05) is 39.3 Å². The van der Waals surface area contributed by atoms with Gasteiger partial charge in [-0.25, -0.2) is 0 Å². The third-order valence-corrected chi connectivity index (χ3v) is 7.93. The Balaban J connectivity index is 1.45. The summed E-state index contributed by atoms with van der Waals surface area (Å²) >= 11 is 0. The summed E-state index contributed by atoms with van der Waals surface area (Å²) in [6.07, 6.45) is 8.61. The Morgan fingerprint density at radius 2 is 1.91 bits per heavy atom. The molecule has 1 spiro atoms. The van der Waals surface area contributed by atoms with Gasteiger partial charge in [0.2, 0.25) is 11.8 Å². The molecule has 3 fully saturated rings. The van der Waals surface area contributed by atoms with E-state index in [0.717, 1.165) is 44.2 Å². The van der Waals surface area contributed by atoms with Gasteiger partial charge in [0.15, 0.2) is 0 Å². The number of likely N-dealkylation sites (tertiary alicyclic amines) is 2. The van der Waals surface area contributed by atoms with Crippen molar-refractivity contribution >= 4 is 11.8 Å². The quantitative estimate of drug-likeness (QED) is 0.629. The molecule has 1 aromatic carbocycles. The maximum atomic E-state index is 13.8. The molecule has 0 N–H and O–H groups in total. The topological polar surface area (TPSA) is 53.1 Å². The molecule has 1 aliphatic carbocycles. The minimum atomic E-state index is -0.450. The first-order valence-corrected chi connectivity index (χ1v) is 12.9. The zero-order chi connectivity index (χ0) is 23.3. The van der Waals surface area contributed by atoms with Crippen molar-refractivity contribution in [3.8, 4) is 0 Å². The van der Waals surface area contributed by atoms with E-state index in [1.165, 1.54) is 19.3 Å². The first-order valence-electron chi connectivity index (χ1n) is 12.9. The van der Waals surface area contributed by atoms with Gasteiger partial charge >= 0.3 is 0 Å². The number of ether oxygens (including phenoxy) is 1. The first kappa shape index (κ1) is 24.2. The van der Waals surface area contributed by atoms with Crippen LogP contribution < -0.4 is 0 Å². The third-order valence-electron chi connectivity index (χ3n) is 7.93. The van der Waals surface area contributed by atoms with Crippen LogP contribution in [-0.4, -0.2) is 78.5 Å². The number of hydrogen-bond donors (Lipinski definition) is 0. The molecule has 2 amide bonds. The van der Waals surface area contributed by atoms with E-state index in [0.29, 0.717) is 38.8 Å². The molecular weight excluding hydrogens is 414 g/mol. The van der Waals surface area contributed by atoms with Crippen LogP contribution in [0.4, 0.5) is 0 Å². The first-order chi connectivity index (χ1) is 16.0. The highest BCUT2D eigenvalue weighted by Gasteiger charge is 2.49. The van der Waals surface area contributed by atoms with Crippen LogP contribution in [0.3, 0.4) is 0 Å². The van der Waals surface area contributed by atoms with Crippen LogP contribution in [0.1, 0.15) is 63.9 Å². The summed E-state index contributed by atoms with van der Waals surface area (Å²) in [5.41, 5.74) is 0.699. The van der Waals surface area contributed by atoms with Gasteiger partial charge in [0.05, 0.1) is 18.1 Å². The molecule has 6 heteroatoms. The molecule has 0 unspecified atom stereocenters. The smallest absolute Gasteiger partial charge is 0.236 e. The lowest BCUT2D eigenvalue weighted by Crippen LogP contribution is -2.60. The highest BCUT2D eigenvalue weighted by atomic mass is 16.5. The molecule has 182 valence electrons. The predicted molar refractivity (Wildman–Crippen MR) is 130 cm³/mol. The minimum Gasteiger partial charge on any atom is -0.377 e. The standard InChI is InChI=1S/C27H41N3O3/c1-3-33-24-17-27(26(32)30(19-24)18-22-11-6-4-7-12-22)15-10-16-29(21-27)20-25(31)28(2)23-13-8-5-9-14-23/h4,6-7,11-12,23-24H,3,5,8-10,13-21H2,1-2H3/t24-,27-/m0/s1. The molecule has 0 bridgehead atoms. The van der Waals surface area contributed by atoms with Crippen LogP contribution in [0.5, 0.6) is 0 Å². The summed E-state index contributed by atoms with van der Waals surface area (Å²) < 4.78 is 6.07. The van der Waals surface area contributed by atoms with Gasteiger partial charge in [-0.2, -0.15) is 0 Å². The number of benzene rings is 1. The van der Waals surface area contributed by atoms with E-state index < -0.39 is 5.41 Å². The maximum Gasteiger partial charge on any atom is 0.236 e. The molecule has 0 radical (unpaired) electrons. The second-order valence-corrected chi connectivity index (χ2v) is 10.3. The van der Waals surface area contributed by atoms with Crippen molar-refractivity contribution in [3.63, 3.8) is 0 Å². The molecule has 2 atom stereocenters. The SMILES string of the molecule is CCO[C@@H]1CN(Cc2ccccc2)C(=O)[C@@]2(CCCN(CC(=O)N(C)C3CCCCC3)C2)C1. The number of carbonyl (C=O) groups excluding carboxylic acids is 2. The van der Waals surface area contributed by atoms with Crippen LogP contribution in [0.2, 0.25) is 0 Å². The van der Waals surface area contributed by atoms with E-state index in [-0.39, 0.29) is 17.9 Å². The molecule has 0 aromatic heterocycles. The van der Waals surface area contributed by atoms with Crippen molar-refractivity contribution < 1.29 is 14.3 Å². The largest absolute Gasteiger partial charge is 0.377 e. The van der Waals surface area contributed by atoms with Gasteiger partial charge in [-0.1, -0.05) is 49.6 Å². The Morgan fingerprint density at radius 3 is 2.64 bits per heavy atom. The van der Waals surface area contributed by atoms with Crippen LogP contribution in [0.15, 0.2) is 30.3 Å². The monoisotopic (exact) mass is 455 g/mol. The zero-order valence-corrected chi connectivity index (χ0v) is 20.5. The second-order valence-electron chi connectivity index (χ2n) is 10.3. The molecule has 1 aromatic rings. The number of rotatable bonds is 7. The Morgan fingerprint density at radius 1 is 1.15 bits per heavy atom. The normalized spacial score (nSPS) is 27.2. The van der Waals surface area contributed by atoms with Crippen molar-refractivity contribution in [3.05, 3.63) is 35.9 Å². The Hall–Kier alpha value is -1.92. The molecule has 2 heterocycles. The molecular formula is C27H41N3O3. The average molecular weight is 456 g/mol. The Bertz CT molecular complexity index is 795. The summed E-state index contributed by atoms with van der Waals surface area (Å²) in [6.45, 7) is 5.91. The predicted octanol–water partition coefficient (Wildman–Crippen LogP) is 3.70. The van der Waals surface area contributed by atoms with Crippen molar-refractivity contribution in [2.45, 2.75) is 77.0 Å². The summed E-state index contributed by atoms with van der Waals surface area (Å²) in [4.78, 5) is 33.1. The number of amides is 2. The molecule has 33 heavy (non-hydrogen) atoms. The molecule has 3 aliphatic rings. The van der Waals surface area contributed by atoms with Crippen molar-refractivity contribution in [1.82, 2.24) is 14.7 Å². The second kappa shape index (κ2) is 11.0. The fourth-order valence-corrected chi connectivity index (χ4v) is 6.22. The van der Waals surface area contributed by atoms with Crippen LogP contribution in [-0.2, 0) is 20.9 Å². The zero-order valence-electron chi connectivity index (χ0n) is 20.5. The molecule has 4 rings (SSSR count). The summed E-state index contributed by atoms with van der Waals surface area (Å²) in [5, 5.41) is 0. The van der Waals surface area contributed by atoms with E-state index in [2.05, 4.69) is 17.0 Å². The molecule has 6 nitrogen and oxygen atoms in total.